The van der Waals surface area contributed by atoms with Gasteiger partial charge in [-0.2, -0.15) is 0 Å². The molecule has 0 fully saturated rings. The van der Waals surface area contributed by atoms with Crippen LogP contribution >= 0.6 is 0 Å². The third-order valence-electron chi connectivity index (χ3n) is 1.73. The summed E-state index contributed by atoms with van der Waals surface area (Å²) in [6.45, 7) is 0. The van der Waals surface area contributed by atoms with Crippen molar-refractivity contribution < 1.29 is 19.5 Å². The molecule has 0 saturated heterocycles. The van der Waals surface area contributed by atoms with Crippen molar-refractivity contribution in [2.24, 2.45) is 0 Å². The summed E-state index contributed by atoms with van der Waals surface area (Å²) in [6, 6.07) is 16.1. The maximum Gasteiger partial charge on any atom is 0.0701 e. The average molecular weight is 258 g/mol. The van der Waals surface area contributed by atoms with Crippen LogP contribution in [0.4, 0.5) is 0 Å². The predicted molar refractivity (Wildman–Crippen MR) is 49.7 cm³/mol. The Labute approximate surface area is 90.6 Å². The molecule has 0 bridgehead atoms. The molecule has 1 aromatic heterocycles. The van der Waals surface area contributed by atoms with Gasteiger partial charge in [-0.15, -0.1) is 0 Å². The molecule has 0 atom stereocenters. The summed E-state index contributed by atoms with van der Waals surface area (Å²) in [5, 5.41) is 0. The van der Waals surface area contributed by atoms with Gasteiger partial charge in [0.2, 0.25) is 0 Å². The fourth-order valence-electron chi connectivity index (χ4n) is 1.14. The minimum Gasteiger partial charge on any atom is -0.256 e. The second-order valence-corrected chi connectivity index (χ2v) is 2.58. The summed E-state index contributed by atoms with van der Waals surface area (Å²) in [5.41, 5.74) is 2.19. The number of benzene rings is 1. The molecule has 0 unspecified atom stereocenters. The zero-order valence-electron chi connectivity index (χ0n) is 6.98. The predicted octanol–water partition coefficient (Wildman–Crippen LogP) is 2.75. The van der Waals surface area contributed by atoms with Gasteiger partial charge in [-0.05, 0) is 12.1 Å². The molecule has 1 radical (unpaired) electrons. The molecule has 0 aliphatic carbocycles. The molecule has 2 aromatic rings. The van der Waals surface area contributed by atoms with Gasteiger partial charge in [-0.1, -0.05) is 36.4 Å². The molecule has 1 heterocycles. The fraction of sp³-hybridized carbons (Fsp3) is 0. The Morgan fingerprint density at radius 2 is 1.46 bits per heavy atom. The Hall–Kier alpha value is -1.01. The van der Waals surface area contributed by atoms with Crippen molar-refractivity contribution in [2.45, 2.75) is 0 Å². The molecule has 1 aromatic carbocycles. The van der Waals surface area contributed by atoms with Gasteiger partial charge in [0.05, 0.1) is 5.69 Å². The summed E-state index contributed by atoms with van der Waals surface area (Å²) >= 11 is 0. The molecule has 0 aliphatic heterocycles. The van der Waals surface area contributed by atoms with Gasteiger partial charge < -0.3 is 0 Å². The van der Waals surface area contributed by atoms with Gasteiger partial charge in [-0.3, -0.25) is 4.98 Å². The normalized spacial score (nSPS) is 8.92. The van der Waals surface area contributed by atoms with Crippen molar-refractivity contribution in [3.8, 4) is 11.3 Å². The Morgan fingerprint density at radius 3 is 2.08 bits per heavy atom. The number of aromatic nitrogens is 1. The van der Waals surface area contributed by atoms with Crippen molar-refractivity contribution in [3.05, 3.63) is 54.7 Å². The molecule has 0 saturated carbocycles. The van der Waals surface area contributed by atoms with Crippen LogP contribution in [0.15, 0.2) is 54.7 Å². The number of rotatable bonds is 1. The molecule has 1 nitrogen and oxygen atoms in total. The summed E-state index contributed by atoms with van der Waals surface area (Å²) in [7, 11) is 0. The van der Waals surface area contributed by atoms with Crippen LogP contribution in [0.1, 0.15) is 0 Å². The molecule has 0 aliphatic rings. The van der Waals surface area contributed by atoms with Gasteiger partial charge in [0.25, 0.3) is 0 Å². The second kappa shape index (κ2) is 4.88. The van der Waals surface area contributed by atoms with E-state index >= 15 is 0 Å². The smallest absolute Gasteiger partial charge is 0.0701 e. The number of pyridine rings is 1. The van der Waals surface area contributed by atoms with Gasteiger partial charge in [0.1, 0.15) is 0 Å². The molecule has 0 N–H and O–H groups in total. The zero-order chi connectivity index (χ0) is 8.23. The maximum absolute atomic E-state index is 4.25. The van der Waals surface area contributed by atoms with E-state index in [4.69, 9.17) is 0 Å². The Morgan fingerprint density at radius 1 is 0.769 bits per heavy atom. The van der Waals surface area contributed by atoms with E-state index in [2.05, 4.69) is 17.1 Å². The van der Waals surface area contributed by atoms with Crippen LogP contribution < -0.4 is 0 Å². The van der Waals surface area contributed by atoms with Crippen molar-refractivity contribution in [2.75, 3.05) is 0 Å². The summed E-state index contributed by atoms with van der Waals surface area (Å²) in [5.74, 6) is 0. The fourth-order valence-corrected chi connectivity index (χ4v) is 1.14. The van der Waals surface area contributed by atoms with Crippen LogP contribution in [0.2, 0.25) is 0 Å². The Balaban J connectivity index is 0.000000845. The third kappa shape index (κ3) is 2.46. The van der Waals surface area contributed by atoms with E-state index in [-0.39, 0.29) is 19.5 Å². The molecule has 2 rings (SSSR count). The van der Waals surface area contributed by atoms with Crippen molar-refractivity contribution >= 4 is 0 Å². The molecular formula is C11H9NRh. The standard InChI is InChI=1S/C11H9N.Rh/c1-2-6-10(7-3-1)11-8-4-5-9-12-11;/h1-9H;. The minimum atomic E-state index is 0. The van der Waals surface area contributed by atoms with E-state index in [0.29, 0.717) is 0 Å². The van der Waals surface area contributed by atoms with Gasteiger partial charge in [0.15, 0.2) is 0 Å². The van der Waals surface area contributed by atoms with Crippen molar-refractivity contribution in [3.63, 3.8) is 0 Å². The number of hydrogen-bond acceptors (Lipinski definition) is 1. The second-order valence-electron chi connectivity index (χ2n) is 2.58. The van der Waals surface area contributed by atoms with E-state index in [1.54, 1.807) is 0 Å². The van der Waals surface area contributed by atoms with Crippen LogP contribution in [0.25, 0.3) is 11.3 Å². The quantitative estimate of drug-likeness (QED) is 0.717. The molecule has 0 spiro atoms. The van der Waals surface area contributed by atoms with E-state index in [0.717, 1.165) is 11.3 Å². The van der Waals surface area contributed by atoms with Crippen LogP contribution in [-0.2, 0) is 19.5 Å². The summed E-state index contributed by atoms with van der Waals surface area (Å²) < 4.78 is 0. The summed E-state index contributed by atoms with van der Waals surface area (Å²) in [4.78, 5) is 4.25. The van der Waals surface area contributed by atoms with Crippen LogP contribution in [0.3, 0.4) is 0 Å². The van der Waals surface area contributed by atoms with Crippen molar-refractivity contribution in [1.82, 2.24) is 4.98 Å². The monoisotopic (exact) mass is 258 g/mol. The summed E-state index contributed by atoms with van der Waals surface area (Å²) in [6.07, 6.45) is 1.81. The average Bonchev–Trinajstić information content (AvgIpc) is 2.21. The van der Waals surface area contributed by atoms with Gasteiger partial charge >= 0.3 is 0 Å². The number of hydrogen-bond donors (Lipinski definition) is 0. The SMILES string of the molecule is [Rh].c1ccc(-c2ccccn2)cc1. The van der Waals surface area contributed by atoms with Crippen LogP contribution in [0.5, 0.6) is 0 Å². The van der Waals surface area contributed by atoms with Gasteiger partial charge in [-0.25, -0.2) is 0 Å². The maximum atomic E-state index is 4.25. The zero-order valence-corrected chi connectivity index (χ0v) is 8.62. The Bertz CT molecular complexity index is 307. The first kappa shape index (κ1) is 10.1. The van der Waals surface area contributed by atoms with Crippen LogP contribution in [0, 0.1) is 0 Å². The van der Waals surface area contributed by atoms with Gasteiger partial charge in [0, 0.05) is 31.2 Å². The third-order valence-corrected chi connectivity index (χ3v) is 1.73. The molecule has 2 heteroatoms. The molecule has 13 heavy (non-hydrogen) atoms. The van der Waals surface area contributed by atoms with Crippen molar-refractivity contribution in [1.29, 1.82) is 0 Å². The van der Waals surface area contributed by atoms with E-state index in [1.165, 1.54) is 0 Å². The van der Waals surface area contributed by atoms with E-state index < -0.39 is 0 Å². The topological polar surface area (TPSA) is 12.9 Å². The minimum absolute atomic E-state index is 0. The molecular weight excluding hydrogens is 249 g/mol. The number of nitrogens with zero attached hydrogens (tertiary/aromatic N) is 1. The largest absolute Gasteiger partial charge is 0.256 e. The molecule has 67 valence electrons. The first-order valence-corrected chi connectivity index (χ1v) is 3.93. The Kier molecular flexibility index (Phi) is 3.79. The first-order valence-electron chi connectivity index (χ1n) is 3.93. The molecule has 0 amide bonds. The van der Waals surface area contributed by atoms with E-state index in [1.807, 2.05) is 42.6 Å². The first-order chi connectivity index (χ1) is 5.97. The van der Waals surface area contributed by atoms with E-state index in [9.17, 15) is 0 Å². The van der Waals surface area contributed by atoms with Crippen LogP contribution in [-0.4, -0.2) is 4.98 Å².